The summed E-state index contributed by atoms with van der Waals surface area (Å²) in [6, 6.07) is 8.21. The molecular formula is C22H25NO5S. The lowest BCUT2D eigenvalue weighted by Crippen LogP contribution is -2.32. The molecule has 1 aliphatic rings. The lowest BCUT2D eigenvalue weighted by atomic mass is 9.98. The highest BCUT2D eigenvalue weighted by molar-refractivity contribution is 7.10. The van der Waals surface area contributed by atoms with Crippen LogP contribution in [0.15, 0.2) is 41.3 Å². The number of rotatable bonds is 7. The molecule has 0 aliphatic carbocycles. The summed E-state index contributed by atoms with van der Waals surface area (Å²) < 4.78 is 10.8. The minimum atomic E-state index is -0.688. The zero-order valence-corrected chi connectivity index (χ0v) is 17.8. The van der Waals surface area contributed by atoms with E-state index in [-0.39, 0.29) is 24.0 Å². The maximum atomic E-state index is 12.9. The quantitative estimate of drug-likeness (QED) is 0.422. The molecule has 0 radical (unpaired) electrons. The minimum Gasteiger partial charge on any atom is -0.507 e. The standard InChI is InChI=1S/C22H25NO5S/c1-13(2)28-16-7-5-6-15(12-16)19(24)17-18(21-14(3)8-11-29-21)23(9-10-27-4)22(26)20(17)25/h5-8,11-13,18,24H,9-10H2,1-4H3/b19-17-. The molecule has 2 heterocycles. The van der Waals surface area contributed by atoms with Crippen molar-refractivity contribution >= 4 is 28.8 Å². The van der Waals surface area contributed by atoms with Gasteiger partial charge in [0.1, 0.15) is 11.5 Å². The number of aryl methyl sites for hydroxylation is 1. The molecule has 2 aromatic rings. The van der Waals surface area contributed by atoms with E-state index in [1.165, 1.54) is 16.2 Å². The number of Topliss-reactive ketones (excluding diaryl/α,β-unsaturated/α-hetero) is 1. The summed E-state index contributed by atoms with van der Waals surface area (Å²) in [5.74, 6) is -0.931. The Labute approximate surface area is 174 Å². The van der Waals surface area contributed by atoms with Crippen molar-refractivity contribution in [3.63, 3.8) is 0 Å². The van der Waals surface area contributed by atoms with E-state index in [2.05, 4.69) is 0 Å². The highest BCUT2D eigenvalue weighted by Gasteiger charge is 2.46. The van der Waals surface area contributed by atoms with Crippen LogP contribution in [0.4, 0.5) is 0 Å². The Kier molecular flexibility index (Phi) is 6.39. The number of benzene rings is 1. The number of ketones is 1. The van der Waals surface area contributed by atoms with Crippen LogP contribution in [-0.2, 0) is 14.3 Å². The van der Waals surface area contributed by atoms with Crippen molar-refractivity contribution in [2.24, 2.45) is 0 Å². The summed E-state index contributed by atoms with van der Waals surface area (Å²) in [5, 5.41) is 13.0. The molecule has 1 N–H and O–H groups in total. The Morgan fingerprint density at radius 3 is 2.66 bits per heavy atom. The van der Waals surface area contributed by atoms with Crippen LogP contribution in [0.1, 0.15) is 35.9 Å². The van der Waals surface area contributed by atoms with Crippen LogP contribution in [-0.4, -0.2) is 48.1 Å². The second-order valence-corrected chi connectivity index (χ2v) is 8.10. The number of ether oxygens (including phenoxy) is 2. The normalized spacial score (nSPS) is 18.7. The van der Waals surface area contributed by atoms with Gasteiger partial charge in [-0.3, -0.25) is 9.59 Å². The lowest BCUT2D eigenvalue weighted by Gasteiger charge is -2.24. The molecule has 1 unspecified atom stereocenters. The number of methoxy groups -OCH3 is 1. The van der Waals surface area contributed by atoms with E-state index in [0.717, 1.165) is 10.4 Å². The number of hydrogen-bond donors (Lipinski definition) is 1. The van der Waals surface area contributed by atoms with E-state index in [1.54, 1.807) is 31.4 Å². The Hall–Kier alpha value is -2.64. The van der Waals surface area contributed by atoms with Crippen molar-refractivity contribution in [3.05, 3.63) is 57.3 Å². The first-order valence-corrected chi connectivity index (χ1v) is 10.3. The van der Waals surface area contributed by atoms with E-state index in [1.807, 2.05) is 32.2 Å². The van der Waals surface area contributed by atoms with Gasteiger partial charge in [-0.15, -0.1) is 11.3 Å². The van der Waals surface area contributed by atoms with Gasteiger partial charge in [0, 0.05) is 24.1 Å². The molecule has 3 rings (SSSR count). The predicted octanol–water partition coefficient (Wildman–Crippen LogP) is 3.91. The molecule has 6 nitrogen and oxygen atoms in total. The van der Waals surface area contributed by atoms with E-state index < -0.39 is 17.7 Å². The van der Waals surface area contributed by atoms with Gasteiger partial charge in [-0.05, 0) is 49.9 Å². The number of amides is 1. The Morgan fingerprint density at radius 2 is 2.03 bits per heavy atom. The lowest BCUT2D eigenvalue weighted by molar-refractivity contribution is -0.140. The fourth-order valence-electron chi connectivity index (χ4n) is 3.38. The maximum absolute atomic E-state index is 12.9. The van der Waals surface area contributed by atoms with Gasteiger partial charge < -0.3 is 19.5 Å². The van der Waals surface area contributed by atoms with Gasteiger partial charge in [-0.1, -0.05) is 12.1 Å². The van der Waals surface area contributed by atoms with Crippen molar-refractivity contribution in [1.82, 2.24) is 4.90 Å². The minimum absolute atomic E-state index is 0.0270. The number of aliphatic hydroxyl groups is 1. The van der Waals surface area contributed by atoms with E-state index >= 15 is 0 Å². The predicted molar refractivity (Wildman–Crippen MR) is 112 cm³/mol. The average Bonchev–Trinajstić information content (AvgIpc) is 3.20. The van der Waals surface area contributed by atoms with Crippen molar-refractivity contribution < 1.29 is 24.2 Å². The number of aliphatic hydroxyl groups excluding tert-OH is 1. The van der Waals surface area contributed by atoms with Crippen molar-refractivity contribution in [2.75, 3.05) is 20.3 Å². The summed E-state index contributed by atoms with van der Waals surface area (Å²) in [7, 11) is 1.54. The summed E-state index contributed by atoms with van der Waals surface area (Å²) >= 11 is 1.46. The van der Waals surface area contributed by atoms with Crippen molar-refractivity contribution in [3.8, 4) is 5.75 Å². The average molecular weight is 416 g/mol. The van der Waals surface area contributed by atoms with Crippen LogP contribution in [0.25, 0.3) is 5.76 Å². The van der Waals surface area contributed by atoms with Gasteiger partial charge in [0.05, 0.1) is 24.3 Å². The molecule has 154 valence electrons. The molecule has 29 heavy (non-hydrogen) atoms. The van der Waals surface area contributed by atoms with Gasteiger partial charge in [-0.2, -0.15) is 0 Å². The monoisotopic (exact) mass is 415 g/mol. The number of hydrogen-bond acceptors (Lipinski definition) is 6. The molecule has 0 bridgehead atoms. The van der Waals surface area contributed by atoms with Crippen LogP contribution in [0.3, 0.4) is 0 Å². The maximum Gasteiger partial charge on any atom is 0.295 e. The molecule has 1 saturated heterocycles. The van der Waals surface area contributed by atoms with Gasteiger partial charge in [0.2, 0.25) is 0 Å². The third kappa shape index (κ3) is 4.21. The van der Waals surface area contributed by atoms with Crippen molar-refractivity contribution in [2.45, 2.75) is 32.9 Å². The van der Waals surface area contributed by atoms with Gasteiger partial charge in [0.25, 0.3) is 11.7 Å². The first kappa shape index (κ1) is 21.1. The number of thiophene rings is 1. The van der Waals surface area contributed by atoms with Crippen molar-refractivity contribution in [1.29, 1.82) is 0 Å². The Bertz CT molecular complexity index is 946. The SMILES string of the molecule is COCCN1C(=O)C(=O)/C(=C(\O)c2cccc(OC(C)C)c2)C1c1sccc1C. The highest BCUT2D eigenvalue weighted by atomic mass is 32.1. The molecule has 1 aromatic carbocycles. The third-order valence-electron chi connectivity index (χ3n) is 4.71. The van der Waals surface area contributed by atoms with E-state index in [9.17, 15) is 14.7 Å². The molecule has 1 aromatic heterocycles. The van der Waals surface area contributed by atoms with E-state index in [4.69, 9.17) is 9.47 Å². The molecule has 7 heteroatoms. The Balaban J connectivity index is 2.12. The summed E-state index contributed by atoms with van der Waals surface area (Å²) in [4.78, 5) is 28.0. The summed E-state index contributed by atoms with van der Waals surface area (Å²) in [5.41, 5.74) is 1.50. The second kappa shape index (κ2) is 8.80. The molecule has 1 atom stereocenters. The first-order chi connectivity index (χ1) is 13.8. The highest BCUT2D eigenvalue weighted by Crippen LogP contribution is 2.42. The second-order valence-electron chi connectivity index (χ2n) is 7.15. The molecule has 0 spiro atoms. The van der Waals surface area contributed by atoms with Crippen LogP contribution in [0, 0.1) is 6.92 Å². The largest absolute Gasteiger partial charge is 0.507 e. The third-order valence-corrected chi connectivity index (χ3v) is 5.78. The molecule has 1 aliphatic heterocycles. The first-order valence-electron chi connectivity index (χ1n) is 9.43. The molecule has 0 saturated carbocycles. The zero-order valence-electron chi connectivity index (χ0n) is 17.0. The van der Waals surface area contributed by atoms with Gasteiger partial charge >= 0.3 is 0 Å². The smallest absolute Gasteiger partial charge is 0.295 e. The fourth-order valence-corrected chi connectivity index (χ4v) is 4.43. The molecule has 1 fully saturated rings. The van der Waals surface area contributed by atoms with Crippen LogP contribution < -0.4 is 4.74 Å². The van der Waals surface area contributed by atoms with Crippen LogP contribution in [0.2, 0.25) is 0 Å². The summed E-state index contributed by atoms with van der Waals surface area (Å²) in [6.07, 6.45) is -0.0270. The number of carbonyl (C=O) groups is 2. The van der Waals surface area contributed by atoms with Crippen LogP contribution in [0.5, 0.6) is 5.75 Å². The van der Waals surface area contributed by atoms with Gasteiger partial charge in [-0.25, -0.2) is 0 Å². The number of nitrogens with zero attached hydrogens (tertiary/aromatic N) is 1. The zero-order chi connectivity index (χ0) is 21.1. The van der Waals surface area contributed by atoms with E-state index in [0.29, 0.717) is 17.9 Å². The van der Waals surface area contributed by atoms with Crippen LogP contribution >= 0.6 is 11.3 Å². The van der Waals surface area contributed by atoms with Gasteiger partial charge in [0.15, 0.2) is 0 Å². The number of likely N-dealkylation sites (tertiary alicyclic amines) is 1. The summed E-state index contributed by atoms with van der Waals surface area (Å²) in [6.45, 7) is 6.31. The fraction of sp³-hybridized carbons (Fsp3) is 0.364. The Morgan fingerprint density at radius 1 is 1.28 bits per heavy atom. The molecular weight excluding hydrogens is 390 g/mol. The topological polar surface area (TPSA) is 76.1 Å². The molecule has 1 amide bonds. The number of carbonyl (C=O) groups excluding carboxylic acids is 2.